The lowest BCUT2D eigenvalue weighted by Crippen LogP contribution is -2.02. The van der Waals surface area contributed by atoms with Gasteiger partial charge in [0.2, 0.25) is 5.91 Å². The van der Waals surface area contributed by atoms with Crippen molar-refractivity contribution in [3.8, 4) is 0 Å². The number of rotatable bonds is 12. The first-order valence-electron chi connectivity index (χ1n) is 7.61. The summed E-state index contributed by atoms with van der Waals surface area (Å²) in [5.41, 5.74) is 8.06. The topological polar surface area (TPSA) is 86.1 Å². The molecule has 0 bridgehead atoms. The van der Waals surface area contributed by atoms with E-state index in [0.717, 1.165) is 57.8 Å². The molecule has 0 aromatic rings. The van der Waals surface area contributed by atoms with E-state index in [1.165, 1.54) is 0 Å². The first-order valence-corrected chi connectivity index (χ1v) is 7.61. The Labute approximate surface area is 121 Å². The number of hydrogen-bond acceptors (Lipinski definition) is 2. The summed E-state index contributed by atoms with van der Waals surface area (Å²) < 4.78 is 0. The average molecular weight is 281 g/mol. The molecule has 0 fully saturated rings. The summed E-state index contributed by atoms with van der Waals surface area (Å²) in [6.45, 7) is 2.08. The summed E-state index contributed by atoms with van der Waals surface area (Å²) in [7, 11) is 0. The SMILES string of the molecule is CCCC(O)CC=CCCCCCCCC(=O)N=[N+]=[N-]. The second kappa shape index (κ2) is 14.1. The van der Waals surface area contributed by atoms with Gasteiger partial charge in [-0.1, -0.05) is 44.8 Å². The Balaban J connectivity index is 3.30. The maximum Gasteiger partial charge on any atom is 0.218 e. The molecule has 1 atom stereocenters. The molecule has 0 aromatic carbocycles. The van der Waals surface area contributed by atoms with Crippen molar-refractivity contribution in [3.05, 3.63) is 22.6 Å². The number of allylic oxidation sites excluding steroid dienone is 1. The maximum atomic E-state index is 10.9. The minimum absolute atomic E-state index is 0.190. The molecule has 0 aliphatic rings. The molecule has 0 aromatic heterocycles. The van der Waals surface area contributed by atoms with Crippen LogP contribution in [0.4, 0.5) is 0 Å². The second-order valence-corrected chi connectivity index (χ2v) is 5.04. The molecule has 0 saturated carbocycles. The van der Waals surface area contributed by atoms with Crippen molar-refractivity contribution in [2.45, 2.75) is 77.2 Å². The number of amides is 1. The Morgan fingerprint density at radius 2 is 1.95 bits per heavy atom. The number of unbranched alkanes of at least 4 members (excludes halogenated alkanes) is 5. The smallest absolute Gasteiger partial charge is 0.218 e. The lowest BCUT2D eigenvalue weighted by atomic mass is 10.1. The molecular formula is C15H27N3O2. The Morgan fingerprint density at radius 1 is 1.25 bits per heavy atom. The van der Waals surface area contributed by atoms with Crippen LogP contribution in [0.15, 0.2) is 17.3 Å². The van der Waals surface area contributed by atoms with Crippen LogP contribution >= 0.6 is 0 Å². The molecule has 0 aliphatic heterocycles. The Bertz CT molecular complexity index is 323. The van der Waals surface area contributed by atoms with Gasteiger partial charge in [0, 0.05) is 11.3 Å². The minimum Gasteiger partial charge on any atom is -0.393 e. The van der Waals surface area contributed by atoms with E-state index in [1.807, 2.05) is 0 Å². The minimum atomic E-state index is -0.360. The van der Waals surface area contributed by atoms with E-state index >= 15 is 0 Å². The first kappa shape index (κ1) is 18.7. The number of carbonyl (C=O) groups excluding carboxylic acids is 1. The van der Waals surface area contributed by atoms with Gasteiger partial charge in [-0.3, -0.25) is 4.79 Å². The molecule has 0 rings (SSSR count). The molecule has 20 heavy (non-hydrogen) atoms. The average Bonchev–Trinajstić information content (AvgIpc) is 2.41. The molecule has 1 unspecified atom stereocenters. The first-order chi connectivity index (χ1) is 9.70. The number of aliphatic hydroxyl groups excluding tert-OH is 1. The largest absolute Gasteiger partial charge is 0.393 e. The fourth-order valence-corrected chi connectivity index (χ4v) is 1.99. The van der Waals surface area contributed by atoms with Gasteiger partial charge in [-0.05, 0) is 42.7 Å². The Hall–Kier alpha value is -1.32. The second-order valence-electron chi connectivity index (χ2n) is 5.04. The molecule has 114 valence electrons. The van der Waals surface area contributed by atoms with Crippen molar-refractivity contribution in [1.82, 2.24) is 0 Å². The highest BCUT2D eigenvalue weighted by Gasteiger charge is 1.98. The molecule has 5 nitrogen and oxygen atoms in total. The zero-order valence-corrected chi connectivity index (χ0v) is 12.5. The van der Waals surface area contributed by atoms with Crippen molar-refractivity contribution < 1.29 is 9.90 Å². The van der Waals surface area contributed by atoms with Crippen molar-refractivity contribution in [2.75, 3.05) is 0 Å². The molecular weight excluding hydrogens is 254 g/mol. The molecule has 1 N–H and O–H groups in total. The van der Waals surface area contributed by atoms with Crippen LogP contribution in [0.25, 0.3) is 10.4 Å². The van der Waals surface area contributed by atoms with E-state index in [1.54, 1.807) is 0 Å². The zero-order chi connectivity index (χ0) is 15.1. The van der Waals surface area contributed by atoms with Gasteiger partial charge in [0.15, 0.2) is 0 Å². The molecule has 0 aliphatic carbocycles. The Morgan fingerprint density at radius 3 is 2.65 bits per heavy atom. The third kappa shape index (κ3) is 13.1. The third-order valence-electron chi connectivity index (χ3n) is 3.11. The number of azide groups is 1. The standard InChI is InChI=1S/C15H27N3O2/c1-2-11-14(19)12-9-7-5-3-4-6-8-10-13-15(20)17-18-16/h7,9,14,19H,2-6,8,10-13H2,1H3. The van der Waals surface area contributed by atoms with Crippen molar-refractivity contribution >= 4 is 5.91 Å². The van der Waals surface area contributed by atoms with Gasteiger partial charge in [-0.25, -0.2) is 0 Å². The van der Waals surface area contributed by atoms with E-state index < -0.39 is 0 Å². The summed E-state index contributed by atoms with van der Waals surface area (Å²) in [6.07, 6.45) is 13.3. The van der Waals surface area contributed by atoms with Crippen molar-refractivity contribution in [2.24, 2.45) is 5.11 Å². The molecule has 0 spiro atoms. The van der Waals surface area contributed by atoms with E-state index in [4.69, 9.17) is 5.53 Å². The van der Waals surface area contributed by atoms with E-state index in [9.17, 15) is 9.90 Å². The quantitative estimate of drug-likeness (QED) is 0.185. The summed E-state index contributed by atoms with van der Waals surface area (Å²) in [5, 5.41) is 12.6. The summed E-state index contributed by atoms with van der Waals surface area (Å²) >= 11 is 0. The summed E-state index contributed by atoms with van der Waals surface area (Å²) in [5.74, 6) is -0.360. The molecule has 1 amide bonds. The van der Waals surface area contributed by atoms with Crippen LogP contribution in [0.3, 0.4) is 0 Å². The van der Waals surface area contributed by atoms with E-state index in [-0.39, 0.29) is 12.0 Å². The van der Waals surface area contributed by atoms with Gasteiger partial charge in [0.25, 0.3) is 0 Å². The van der Waals surface area contributed by atoms with E-state index in [2.05, 4.69) is 29.1 Å². The van der Waals surface area contributed by atoms with Crippen LogP contribution in [-0.4, -0.2) is 17.1 Å². The highest BCUT2D eigenvalue weighted by molar-refractivity contribution is 5.76. The monoisotopic (exact) mass is 281 g/mol. The molecule has 0 radical (unpaired) electrons. The number of carbonyl (C=O) groups is 1. The summed E-state index contributed by atoms with van der Waals surface area (Å²) in [4.78, 5) is 13.4. The summed E-state index contributed by atoms with van der Waals surface area (Å²) in [6, 6.07) is 0. The predicted molar refractivity (Wildman–Crippen MR) is 81.1 cm³/mol. The van der Waals surface area contributed by atoms with Gasteiger partial charge in [0.05, 0.1) is 6.10 Å². The van der Waals surface area contributed by atoms with Crippen molar-refractivity contribution in [1.29, 1.82) is 0 Å². The van der Waals surface area contributed by atoms with Gasteiger partial charge in [0.1, 0.15) is 0 Å². The molecule has 0 saturated heterocycles. The van der Waals surface area contributed by atoms with Crippen LogP contribution in [0.2, 0.25) is 0 Å². The lowest BCUT2D eigenvalue weighted by molar-refractivity contribution is -0.118. The zero-order valence-electron chi connectivity index (χ0n) is 12.5. The Kier molecular flexibility index (Phi) is 13.2. The van der Waals surface area contributed by atoms with Gasteiger partial charge < -0.3 is 5.11 Å². The van der Waals surface area contributed by atoms with Crippen LogP contribution in [-0.2, 0) is 4.79 Å². The highest BCUT2D eigenvalue weighted by atomic mass is 16.3. The molecule has 5 heteroatoms. The number of aliphatic hydroxyl groups is 1. The fourth-order valence-electron chi connectivity index (χ4n) is 1.99. The number of nitrogens with zero attached hydrogens (tertiary/aromatic N) is 3. The lowest BCUT2D eigenvalue weighted by Gasteiger charge is -2.04. The third-order valence-corrected chi connectivity index (χ3v) is 3.11. The van der Waals surface area contributed by atoms with Gasteiger partial charge in [-0.15, -0.1) is 0 Å². The van der Waals surface area contributed by atoms with Crippen LogP contribution in [0.5, 0.6) is 0 Å². The van der Waals surface area contributed by atoms with Gasteiger partial charge in [-0.2, -0.15) is 0 Å². The molecule has 0 heterocycles. The van der Waals surface area contributed by atoms with Crippen LogP contribution in [0, 0.1) is 0 Å². The van der Waals surface area contributed by atoms with Crippen molar-refractivity contribution in [3.63, 3.8) is 0 Å². The van der Waals surface area contributed by atoms with E-state index in [0.29, 0.717) is 6.42 Å². The highest BCUT2D eigenvalue weighted by Crippen LogP contribution is 2.09. The van der Waals surface area contributed by atoms with Crippen LogP contribution in [0.1, 0.15) is 71.1 Å². The van der Waals surface area contributed by atoms with Crippen LogP contribution < -0.4 is 0 Å². The normalized spacial score (nSPS) is 12.3. The number of hydrogen-bond donors (Lipinski definition) is 1. The fraction of sp³-hybridized carbons (Fsp3) is 0.800. The van der Waals surface area contributed by atoms with Gasteiger partial charge >= 0.3 is 0 Å². The predicted octanol–water partition coefficient (Wildman–Crippen LogP) is 4.66. The maximum absolute atomic E-state index is 10.9.